The molecule has 120 valence electrons. The molecule has 1 aromatic heterocycles. The van der Waals surface area contributed by atoms with Gasteiger partial charge in [-0.1, -0.05) is 0 Å². The number of anilines is 1. The van der Waals surface area contributed by atoms with Gasteiger partial charge < -0.3 is 14.8 Å². The van der Waals surface area contributed by atoms with E-state index < -0.39 is 0 Å². The van der Waals surface area contributed by atoms with Crippen molar-refractivity contribution in [3.8, 4) is 11.5 Å². The van der Waals surface area contributed by atoms with Crippen molar-refractivity contribution in [2.45, 2.75) is 31.8 Å². The molecule has 1 fully saturated rings. The van der Waals surface area contributed by atoms with Crippen LogP contribution in [0.3, 0.4) is 0 Å². The highest BCUT2D eigenvalue weighted by atomic mass is 16.5. The van der Waals surface area contributed by atoms with Crippen molar-refractivity contribution in [1.29, 1.82) is 0 Å². The molecular weight excluding hydrogens is 294 g/mol. The third-order valence-corrected chi connectivity index (χ3v) is 3.83. The number of benzene rings is 1. The van der Waals surface area contributed by atoms with Crippen molar-refractivity contribution in [2.75, 3.05) is 12.4 Å². The van der Waals surface area contributed by atoms with Gasteiger partial charge in [0, 0.05) is 18.0 Å². The molecule has 1 heterocycles. The van der Waals surface area contributed by atoms with Gasteiger partial charge in [0.05, 0.1) is 19.4 Å². The molecule has 1 amide bonds. The lowest BCUT2D eigenvalue weighted by Gasteiger charge is -2.16. The first-order valence-corrected chi connectivity index (χ1v) is 7.68. The fourth-order valence-electron chi connectivity index (χ4n) is 2.65. The average Bonchev–Trinajstić information content (AvgIpc) is 3.09. The summed E-state index contributed by atoms with van der Waals surface area (Å²) in [6.07, 6.45) is 9.21. The van der Waals surface area contributed by atoms with E-state index in [0.29, 0.717) is 22.9 Å². The molecule has 6 nitrogen and oxygen atoms in total. The maximum atomic E-state index is 12.3. The van der Waals surface area contributed by atoms with E-state index >= 15 is 0 Å². The molecule has 0 radical (unpaired) electrons. The number of methoxy groups -OCH3 is 1. The Morgan fingerprint density at radius 3 is 2.74 bits per heavy atom. The zero-order valence-corrected chi connectivity index (χ0v) is 13.0. The molecule has 0 atom stereocenters. The van der Waals surface area contributed by atoms with Gasteiger partial charge in [0.15, 0.2) is 17.3 Å². The third-order valence-electron chi connectivity index (χ3n) is 3.83. The van der Waals surface area contributed by atoms with Crippen molar-refractivity contribution in [3.05, 3.63) is 42.4 Å². The van der Waals surface area contributed by atoms with Gasteiger partial charge in [-0.2, -0.15) is 0 Å². The van der Waals surface area contributed by atoms with Crippen molar-refractivity contribution in [3.63, 3.8) is 0 Å². The number of nitrogens with zero attached hydrogens (tertiary/aromatic N) is 2. The summed E-state index contributed by atoms with van der Waals surface area (Å²) in [4.78, 5) is 20.3. The minimum absolute atomic E-state index is 0.196. The van der Waals surface area contributed by atoms with Crippen LogP contribution in [0.4, 0.5) is 5.82 Å². The zero-order valence-electron chi connectivity index (χ0n) is 13.0. The van der Waals surface area contributed by atoms with Crippen LogP contribution in [-0.4, -0.2) is 29.1 Å². The van der Waals surface area contributed by atoms with Crippen LogP contribution in [0.25, 0.3) is 0 Å². The van der Waals surface area contributed by atoms with Crippen LogP contribution < -0.4 is 14.8 Å². The Labute approximate surface area is 134 Å². The molecule has 6 heteroatoms. The highest BCUT2D eigenvalue weighted by molar-refractivity contribution is 6.04. The standard InChI is InChI=1S/C17H19N3O3/c1-22-14-7-6-12(10-15(14)23-13-4-2-3-5-13)17(21)20-16-11-18-8-9-19-16/h6-11,13H,2-5H2,1H3,(H,19,20,21). The van der Waals surface area contributed by atoms with Gasteiger partial charge in [0.2, 0.25) is 0 Å². The number of amides is 1. The molecule has 1 aliphatic rings. The summed E-state index contributed by atoms with van der Waals surface area (Å²) in [7, 11) is 1.59. The van der Waals surface area contributed by atoms with E-state index in [2.05, 4.69) is 15.3 Å². The van der Waals surface area contributed by atoms with Crippen LogP contribution in [0.2, 0.25) is 0 Å². The summed E-state index contributed by atoms with van der Waals surface area (Å²) >= 11 is 0. The maximum Gasteiger partial charge on any atom is 0.256 e. The minimum atomic E-state index is -0.260. The summed E-state index contributed by atoms with van der Waals surface area (Å²) < 4.78 is 11.3. The maximum absolute atomic E-state index is 12.3. The topological polar surface area (TPSA) is 73.3 Å². The molecule has 2 aromatic rings. The first kappa shape index (κ1) is 15.3. The normalized spacial score (nSPS) is 14.5. The van der Waals surface area contributed by atoms with E-state index in [1.165, 1.54) is 25.2 Å². The molecule has 1 saturated carbocycles. The van der Waals surface area contributed by atoms with Crippen molar-refractivity contribution >= 4 is 11.7 Å². The van der Waals surface area contributed by atoms with Crippen LogP contribution in [0.15, 0.2) is 36.8 Å². The highest BCUT2D eigenvalue weighted by Gasteiger charge is 2.19. The van der Waals surface area contributed by atoms with Gasteiger partial charge in [-0.3, -0.25) is 9.78 Å². The lowest BCUT2D eigenvalue weighted by atomic mass is 10.2. The third kappa shape index (κ3) is 3.77. The number of aromatic nitrogens is 2. The van der Waals surface area contributed by atoms with Crippen LogP contribution in [0.1, 0.15) is 36.0 Å². The minimum Gasteiger partial charge on any atom is -0.493 e. The fraction of sp³-hybridized carbons (Fsp3) is 0.353. The molecule has 1 aliphatic carbocycles. The second-order valence-electron chi connectivity index (χ2n) is 5.43. The lowest BCUT2D eigenvalue weighted by Crippen LogP contribution is -2.15. The van der Waals surface area contributed by atoms with Gasteiger partial charge in [-0.25, -0.2) is 4.98 Å². The predicted molar refractivity (Wildman–Crippen MR) is 85.9 cm³/mol. The Kier molecular flexibility index (Phi) is 4.71. The second kappa shape index (κ2) is 7.09. The van der Waals surface area contributed by atoms with E-state index in [9.17, 15) is 4.79 Å². The first-order chi connectivity index (χ1) is 11.3. The lowest BCUT2D eigenvalue weighted by molar-refractivity contribution is 0.102. The Balaban J connectivity index is 1.77. The van der Waals surface area contributed by atoms with Gasteiger partial charge in [-0.15, -0.1) is 0 Å². The number of hydrogen-bond donors (Lipinski definition) is 1. The van der Waals surface area contributed by atoms with Crippen LogP contribution in [0.5, 0.6) is 11.5 Å². The largest absolute Gasteiger partial charge is 0.493 e. The Morgan fingerprint density at radius 1 is 1.22 bits per heavy atom. The monoisotopic (exact) mass is 313 g/mol. The number of carbonyl (C=O) groups is 1. The van der Waals surface area contributed by atoms with E-state index in [-0.39, 0.29) is 12.0 Å². The molecule has 23 heavy (non-hydrogen) atoms. The SMILES string of the molecule is COc1ccc(C(=O)Nc2cnccn2)cc1OC1CCCC1. The summed E-state index contributed by atoms with van der Waals surface area (Å²) in [5.74, 6) is 1.38. The van der Waals surface area contributed by atoms with E-state index in [1.807, 2.05) is 0 Å². The van der Waals surface area contributed by atoms with Crippen molar-refractivity contribution in [2.24, 2.45) is 0 Å². The number of nitrogens with one attached hydrogen (secondary N) is 1. The van der Waals surface area contributed by atoms with E-state index in [4.69, 9.17) is 9.47 Å². The quantitative estimate of drug-likeness (QED) is 0.918. The first-order valence-electron chi connectivity index (χ1n) is 7.68. The fourth-order valence-corrected chi connectivity index (χ4v) is 2.65. The number of carbonyl (C=O) groups excluding carboxylic acids is 1. The number of hydrogen-bond acceptors (Lipinski definition) is 5. The van der Waals surface area contributed by atoms with E-state index in [0.717, 1.165) is 12.8 Å². The molecule has 0 aliphatic heterocycles. The van der Waals surface area contributed by atoms with Gasteiger partial charge in [-0.05, 0) is 43.9 Å². The molecule has 3 rings (SSSR count). The van der Waals surface area contributed by atoms with Gasteiger partial charge in [0.25, 0.3) is 5.91 Å². The summed E-state index contributed by atoms with van der Waals surface area (Å²) in [6, 6.07) is 5.16. The summed E-state index contributed by atoms with van der Waals surface area (Å²) in [5.41, 5.74) is 0.490. The molecule has 0 spiro atoms. The second-order valence-corrected chi connectivity index (χ2v) is 5.43. The smallest absolute Gasteiger partial charge is 0.256 e. The number of rotatable bonds is 5. The average molecular weight is 313 g/mol. The molecule has 0 bridgehead atoms. The van der Waals surface area contributed by atoms with E-state index in [1.54, 1.807) is 31.5 Å². The van der Waals surface area contributed by atoms with Gasteiger partial charge >= 0.3 is 0 Å². The van der Waals surface area contributed by atoms with Crippen LogP contribution in [-0.2, 0) is 0 Å². The summed E-state index contributed by atoms with van der Waals surface area (Å²) in [6.45, 7) is 0. The summed E-state index contributed by atoms with van der Waals surface area (Å²) in [5, 5.41) is 2.71. The van der Waals surface area contributed by atoms with Crippen LogP contribution >= 0.6 is 0 Å². The molecular formula is C17H19N3O3. The highest BCUT2D eigenvalue weighted by Crippen LogP contribution is 2.32. The van der Waals surface area contributed by atoms with Crippen molar-refractivity contribution < 1.29 is 14.3 Å². The van der Waals surface area contributed by atoms with Crippen LogP contribution in [0, 0.1) is 0 Å². The molecule has 0 unspecified atom stereocenters. The predicted octanol–water partition coefficient (Wildman–Crippen LogP) is 3.06. The zero-order chi connectivity index (χ0) is 16.1. The molecule has 0 saturated heterocycles. The number of ether oxygens (including phenoxy) is 2. The van der Waals surface area contributed by atoms with Gasteiger partial charge in [0.1, 0.15) is 0 Å². The van der Waals surface area contributed by atoms with Crippen molar-refractivity contribution in [1.82, 2.24) is 9.97 Å². The molecule has 1 N–H and O–H groups in total. The Hall–Kier alpha value is -2.63. The Morgan fingerprint density at radius 2 is 2.04 bits per heavy atom. The molecule has 1 aromatic carbocycles. The Bertz CT molecular complexity index is 670.